The molecule has 1 unspecified atom stereocenters. The molecule has 2 N–H and O–H groups in total. The van der Waals surface area contributed by atoms with Gasteiger partial charge in [-0.1, -0.05) is 0 Å². The lowest BCUT2D eigenvalue weighted by Crippen LogP contribution is -2.34. The van der Waals surface area contributed by atoms with Crippen LogP contribution in [0.5, 0.6) is 17.2 Å². The molecule has 1 aromatic carbocycles. The van der Waals surface area contributed by atoms with Gasteiger partial charge in [0.1, 0.15) is 25.1 Å². The first kappa shape index (κ1) is 10.7. The molecule has 1 atom stereocenters. The summed E-state index contributed by atoms with van der Waals surface area (Å²) in [6, 6.07) is 3.35. The van der Waals surface area contributed by atoms with Gasteiger partial charge in [0.05, 0.1) is 12.2 Å². The molecule has 0 aromatic heterocycles. The average Bonchev–Trinajstić information content (AvgIpc) is 2.39. The first-order valence-corrected chi connectivity index (χ1v) is 5.80. The number of rotatable bonds is 1. The Bertz CT molecular complexity index is 415. The number of phenolic OH excluding ortho intramolecular Hbond substituents is 1. The van der Waals surface area contributed by atoms with E-state index in [1.54, 1.807) is 12.1 Å². The van der Waals surface area contributed by atoms with E-state index in [9.17, 15) is 5.11 Å². The maximum Gasteiger partial charge on any atom is 0.170 e. The molecule has 0 saturated carbocycles. The van der Waals surface area contributed by atoms with Crippen LogP contribution in [0.15, 0.2) is 12.1 Å². The van der Waals surface area contributed by atoms with E-state index in [1.807, 2.05) is 0 Å². The van der Waals surface area contributed by atoms with E-state index in [0.717, 1.165) is 6.54 Å². The maximum absolute atomic E-state index is 9.98. The van der Waals surface area contributed by atoms with Crippen molar-refractivity contribution in [3.8, 4) is 17.2 Å². The number of morpholine rings is 1. The number of aromatic hydroxyl groups is 1. The number of nitrogens with one attached hydrogen (secondary N) is 1. The molecule has 0 amide bonds. The van der Waals surface area contributed by atoms with E-state index in [-0.39, 0.29) is 11.9 Å². The van der Waals surface area contributed by atoms with E-state index >= 15 is 0 Å². The van der Waals surface area contributed by atoms with Gasteiger partial charge in [-0.25, -0.2) is 0 Å². The minimum Gasteiger partial charge on any atom is -0.507 e. The third kappa shape index (κ3) is 1.92. The molecular weight excluding hydrogens is 222 g/mol. The van der Waals surface area contributed by atoms with Crippen molar-refractivity contribution in [1.82, 2.24) is 5.32 Å². The monoisotopic (exact) mass is 237 g/mol. The summed E-state index contributed by atoms with van der Waals surface area (Å²) < 4.78 is 16.7. The largest absolute Gasteiger partial charge is 0.507 e. The van der Waals surface area contributed by atoms with Crippen LogP contribution in [-0.2, 0) is 4.74 Å². The smallest absolute Gasteiger partial charge is 0.170 e. The summed E-state index contributed by atoms with van der Waals surface area (Å²) in [6.45, 7) is 3.19. The maximum atomic E-state index is 9.98. The molecule has 1 aromatic rings. The molecule has 17 heavy (non-hydrogen) atoms. The summed E-state index contributed by atoms with van der Waals surface area (Å²) in [5.74, 6) is 1.49. The van der Waals surface area contributed by atoms with Crippen LogP contribution in [0, 0.1) is 0 Å². The van der Waals surface area contributed by atoms with Gasteiger partial charge in [-0.15, -0.1) is 0 Å². The van der Waals surface area contributed by atoms with E-state index in [2.05, 4.69) is 5.32 Å². The first-order chi connectivity index (χ1) is 8.36. The highest BCUT2D eigenvalue weighted by atomic mass is 16.6. The molecule has 5 heteroatoms. The second-order valence-electron chi connectivity index (χ2n) is 4.09. The average molecular weight is 237 g/mol. The van der Waals surface area contributed by atoms with Crippen LogP contribution < -0.4 is 14.8 Å². The lowest BCUT2D eigenvalue weighted by atomic mass is 10.0. The van der Waals surface area contributed by atoms with Gasteiger partial charge in [-0.3, -0.25) is 0 Å². The van der Waals surface area contributed by atoms with Crippen molar-refractivity contribution < 1.29 is 19.3 Å². The van der Waals surface area contributed by atoms with Crippen molar-refractivity contribution in [2.75, 3.05) is 32.9 Å². The van der Waals surface area contributed by atoms with Crippen molar-refractivity contribution in [3.63, 3.8) is 0 Å². The Morgan fingerprint density at radius 2 is 2.06 bits per heavy atom. The van der Waals surface area contributed by atoms with Gasteiger partial charge in [-0.05, 0) is 12.1 Å². The zero-order valence-electron chi connectivity index (χ0n) is 9.44. The van der Waals surface area contributed by atoms with E-state index < -0.39 is 0 Å². The number of hydrogen-bond donors (Lipinski definition) is 2. The van der Waals surface area contributed by atoms with E-state index in [4.69, 9.17) is 14.2 Å². The molecule has 0 bridgehead atoms. The summed E-state index contributed by atoms with van der Waals surface area (Å²) in [7, 11) is 0. The van der Waals surface area contributed by atoms with Crippen LogP contribution >= 0.6 is 0 Å². The number of hydrogen-bond acceptors (Lipinski definition) is 5. The Balaban J connectivity index is 2.01. The van der Waals surface area contributed by atoms with Gasteiger partial charge in [0, 0.05) is 13.1 Å². The fraction of sp³-hybridized carbons (Fsp3) is 0.500. The molecule has 2 heterocycles. The van der Waals surface area contributed by atoms with Crippen LogP contribution in [-0.4, -0.2) is 38.0 Å². The van der Waals surface area contributed by atoms with Gasteiger partial charge in [0.15, 0.2) is 11.5 Å². The van der Waals surface area contributed by atoms with Crippen molar-refractivity contribution >= 4 is 0 Å². The standard InChI is InChI=1S/C12H15NO4/c14-8-1-2-9-12(17-6-5-16-9)11(8)10-7-13-3-4-15-10/h1-2,10,13-14H,3-7H2. The second-order valence-corrected chi connectivity index (χ2v) is 4.09. The number of ether oxygens (including phenoxy) is 3. The van der Waals surface area contributed by atoms with Gasteiger partial charge in [0.2, 0.25) is 0 Å². The Labute approximate surface area is 99.3 Å². The third-order valence-corrected chi connectivity index (χ3v) is 2.97. The molecule has 1 fully saturated rings. The molecule has 2 aliphatic heterocycles. The Hall–Kier alpha value is -1.46. The van der Waals surface area contributed by atoms with Gasteiger partial charge < -0.3 is 24.6 Å². The number of fused-ring (bicyclic) bond motifs is 1. The highest BCUT2D eigenvalue weighted by Crippen LogP contribution is 2.43. The molecule has 1 saturated heterocycles. The molecule has 0 spiro atoms. The predicted molar refractivity (Wildman–Crippen MR) is 60.7 cm³/mol. The third-order valence-electron chi connectivity index (χ3n) is 2.97. The Morgan fingerprint density at radius 1 is 1.18 bits per heavy atom. The molecule has 5 nitrogen and oxygen atoms in total. The zero-order valence-corrected chi connectivity index (χ0v) is 9.44. The lowest BCUT2D eigenvalue weighted by molar-refractivity contribution is 0.0229. The first-order valence-electron chi connectivity index (χ1n) is 5.80. The van der Waals surface area contributed by atoms with Crippen molar-refractivity contribution in [2.24, 2.45) is 0 Å². The predicted octanol–water partition coefficient (Wildman–Crippen LogP) is 0.824. The Kier molecular flexibility index (Phi) is 2.78. The summed E-state index contributed by atoms with van der Waals surface area (Å²) in [4.78, 5) is 0. The minimum atomic E-state index is -0.180. The molecule has 0 radical (unpaired) electrons. The number of phenols is 1. The quantitative estimate of drug-likeness (QED) is 0.757. The normalized spacial score (nSPS) is 23.4. The summed E-state index contributed by atoms with van der Waals surface area (Å²) in [5, 5.41) is 13.2. The van der Waals surface area contributed by atoms with Crippen LogP contribution in [0.3, 0.4) is 0 Å². The van der Waals surface area contributed by atoms with Gasteiger partial charge in [-0.2, -0.15) is 0 Å². The molecule has 92 valence electrons. The SMILES string of the molecule is Oc1ccc2c(c1C1CNCCO1)OCCO2. The van der Waals surface area contributed by atoms with Crippen LogP contribution in [0.1, 0.15) is 11.7 Å². The van der Waals surface area contributed by atoms with Crippen LogP contribution in [0.25, 0.3) is 0 Å². The fourth-order valence-electron chi connectivity index (χ4n) is 2.19. The summed E-state index contributed by atoms with van der Waals surface area (Å²) >= 11 is 0. The zero-order chi connectivity index (χ0) is 11.7. The van der Waals surface area contributed by atoms with E-state index in [1.165, 1.54) is 0 Å². The fourth-order valence-corrected chi connectivity index (χ4v) is 2.19. The van der Waals surface area contributed by atoms with Crippen molar-refractivity contribution in [2.45, 2.75) is 6.10 Å². The highest BCUT2D eigenvalue weighted by Gasteiger charge is 2.27. The second kappa shape index (κ2) is 4.43. The molecule has 0 aliphatic carbocycles. The minimum absolute atomic E-state index is 0.180. The molecular formula is C12H15NO4. The van der Waals surface area contributed by atoms with E-state index in [0.29, 0.717) is 43.4 Å². The van der Waals surface area contributed by atoms with Crippen LogP contribution in [0.4, 0.5) is 0 Å². The molecule has 3 rings (SSSR count). The summed E-state index contributed by atoms with van der Waals surface area (Å²) in [6.07, 6.45) is -0.180. The topological polar surface area (TPSA) is 60.0 Å². The van der Waals surface area contributed by atoms with Crippen LogP contribution in [0.2, 0.25) is 0 Å². The number of benzene rings is 1. The highest BCUT2D eigenvalue weighted by molar-refractivity contribution is 5.55. The lowest BCUT2D eigenvalue weighted by Gasteiger charge is -2.28. The summed E-state index contributed by atoms with van der Waals surface area (Å²) in [5.41, 5.74) is 0.689. The van der Waals surface area contributed by atoms with Crippen molar-refractivity contribution in [3.05, 3.63) is 17.7 Å². The Morgan fingerprint density at radius 3 is 2.88 bits per heavy atom. The molecule has 2 aliphatic rings. The van der Waals surface area contributed by atoms with Gasteiger partial charge in [0.25, 0.3) is 0 Å². The van der Waals surface area contributed by atoms with Gasteiger partial charge >= 0.3 is 0 Å². The van der Waals surface area contributed by atoms with Crippen molar-refractivity contribution in [1.29, 1.82) is 0 Å².